The summed E-state index contributed by atoms with van der Waals surface area (Å²) in [5.74, 6) is 0.956. The minimum absolute atomic E-state index is 0.221. The van der Waals surface area contributed by atoms with Crippen LogP contribution in [0.1, 0.15) is 47.1 Å². The third-order valence-corrected chi connectivity index (χ3v) is 9.19. The Balaban J connectivity index is 1.22. The third kappa shape index (κ3) is 5.55. The van der Waals surface area contributed by atoms with Gasteiger partial charge in [-0.05, 0) is 91.1 Å². The number of carbonyl (C=O) groups is 1. The number of hydrogen-bond donors (Lipinski definition) is 1. The number of carbonyl (C=O) groups excluding carboxylic acids is 1. The van der Waals surface area contributed by atoms with E-state index in [1.54, 1.807) is 0 Å². The molecule has 3 aromatic carbocycles. The SMILES string of the molecule is Cc1cccc(CN(C(=O)C2=C(c3ccc(CCOc4cc(F)ccc4Cl)cc3)CC3CNCC23)C2CC2)c1C. The van der Waals surface area contributed by atoms with E-state index in [4.69, 9.17) is 16.3 Å². The third-order valence-electron chi connectivity index (χ3n) is 8.88. The van der Waals surface area contributed by atoms with E-state index in [0.29, 0.717) is 42.3 Å². The molecule has 1 heterocycles. The molecule has 3 aliphatic rings. The zero-order chi connectivity index (χ0) is 27.8. The van der Waals surface area contributed by atoms with Crippen LogP contribution in [0.3, 0.4) is 0 Å². The largest absolute Gasteiger partial charge is 0.492 e. The van der Waals surface area contributed by atoms with E-state index in [9.17, 15) is 9.18 Å². The van der Waals surface area contributed by atoms with Crippen molar-refractivity contribution in [2.45, 2.75) is 52.1 Å². The number of aryl methyl sites for hydroxylation is 1. The predicted octanol–water partition coefficient (Wildman–Crippen LogP) is 6.90. The highest BCUT2D eigenvalue weighted by molar-refractivity contribution is 6.32. The summed E-state index contributed by atoms with van der Waals surface area (Å²) in [5.41, 5.74) is 8.28. The lowest BCUT2D eigenvalue weighted by Crippen LogP contribution is -2.36. The molecule has 2 atom stereocenters. The average molecular weight is 559 g/mol. The fraction of sp³-hybridized carbons (Fsp3) is 0.382. The van der Waals surface area contributed by atoms with Crippen molar-refractivity contribution in [1.82, 2.24) is 10.2 Å². The Bertz CT molecular complexity index is 1450. The van der Waals surface area contributed by atoms with E-state index < -0.39 is 0 Å². The van der Waals surface area contributed by atoms with E-state index >= 15 is 0 Å². The molecule has 0 radical (unpaired) electrons. The lowest BCUT2D eigenvalue weighted by molar-refractivity contribution is -0.128. The number of amides is 1. The summed E-state index contributed by atoms with van der Waals surface area (Å²) >= 11 is 6.12. The first kappa shape index (κ1) is 27.0. The summed E-state index contributed by atoms with van der Waals surface area (Å²) in [6.45, 7) is 7.21. The van der Waals surface area contributed by atoms with Crippen molar-refractivity contribution < 1.29 is 13.9 Å². The molecular weight excluding hydrogens is 523 g/mol. The van der Waals surface area contributed by atoms with Crippen LogP contribution in [0.2, 0.25) is 5.02 Å². The number of nitrogens with zero attached hydrogens (tertiary/aromatic N) is 1. The molecule has 0 aromatic heterocycles. The van der Waals surface area contributed by atoms with Gasteiger partial charge in [-0.2, -0.15) is 0 Å². The Morgan fingerprint density at radius 2 is 1.88 bits per heavy atom. The molecular formula is C34H36ClFN2O2. The van der Waals surface area contributed by atoms with Crippen molar-refractivity contribution >= 4 is 23.1 Å². The highest BCUT2D eigenvalue weighted by atomic mass is 35.5. The molecule has 4 nitrogen and oxygen atoms in total. The van der Waals surface area contributed by atoms with E-state index in [1.807, 2.05) is 0 Å². The second-order valence-electron chi connectivity index (χ2n) is 11.5. The monoisotopic (exact) mass is 558 g/mol. The molecule has 208 valence electrons. The minimum Gasteiger partial charge on any atom is -0.492 e. The summed E-state index contributed by atoms with van der Waals surface area (Å²) in [7, 11) is 0. The van der Waals surface area contributed by atoms with Crippen LogP contribution in [0.15, 0.2) is 66.2 Å². The molecule has 6 heteroatoms. The lowest BCUT2D eigenvalue weighted by Gasteiger charge is -2.27. The van der Waals surface area contributed by atoms with Gasteiger partial charge in [-0.1, -0.05) is 54.1 Å². The van der Waals surface area contributed by atoms with Gasteiger partial charge in [0.05, 0.1) is 11.6 Å². The topological polar surface area (TPSA) is 41.6 Å². The smallest absolute Gasteiger partial charge is 0.250 e. The number of ether oxygens (including phenoxy) is 1. The van der Waals surface area contributed by atoms with Crippen LogP contribution in [0, 0.1) is 31.5 Å². The lowest BCUT2D eigenvalue weighted by atomic mass is 9.93. The molecule has 1 saturated carbocycles. The molecule has 1 saturated heterocycles. The Morgan fingerprint density at radius 3 is 2.65 bits per heavy atom. The van der Waals surface area contributed by atoms with Crippen LogP contribution in [0.4, 0.5) is 4.39 Å². The Labute approximate surface area is 241 Å². The minimum atomic E-state index is -0.367. The highest BCUT2D eigenvalue weighted by Gasteiger charge is 2.44. The first-order valence-electron chi connectivity index (χ1n) is 14.4. The number of hydrogen-bond acceptors (Lipinski definition) is 3. The maximum Gasteiger partial charge on any atom is 0.250 e. The van der Waals surface area contributed by atoms with Crippen LogP contribution >= 0.6 is 11.6 Å². The molecule has 2 aliphatic carbocycles. The van der Waals surface area contributed by atoms with E-state index in [0.717, 1.165) is 49.1 Å². The van der Waals surface area contributed by atoms with Crippen molar-refractivity contribution in [3.63, 3.8) is 0 Å². The molecule has 0 spiro atoms. The van der Waals surface area contributed by atoms with Crippen molar-refractivity contribution in [3.8, 4) is 5.75 Å². The molecule has 2 fully saturated rings. The quantitative estimate of drug-likeness (QED) is 0.310. The van der Waals surface area contributed by atoms with Gasteiger partial charge in [-0.25, -0.2) is 4.39 Å². The average Bonchev–Trinajstić information content (AvgIpc) is 3.58. The predicted molar refractivity (Wildman–Crippen MR) is 158 cm³/mol. The number of rotatable bonds is 9. The van der Waals surface area contributed by atoms with E-state index in [1.165, 1.54) is 40.5 Å². The van der Waals surface area contributed by atoms with Crippen molar-refractivity contribution in [1.29, 1.82) is 0 Å². The number of fused-ring (bicyclic) bond motifs is 1. The van der Waals surface area contributed by atoms with Crippen LogP contribution in [-0.2, 0) is 17.8 Å². The van der Waals surface area contributed by atoms with Crippen LogP contribution < -0.4 is 10.1 Å². The fourth-order valence-corrected chi connectivity index (χ4v) is 6.43. The normalized spacial score (nSPS) is 20.1. The summed E-state index contributed by atoms with van der Waals surface area (Å²) in [6, 6.07) is 19.4. The summed E-state index contributed by atoms with van der Waals surface area (Å²) in [4.78, 5) is 16.5. The van der Waals surface area contributed by atoms with Crippen molar-refractivity contribution in [3.05, 3.63) is 105 Å². The van der Waals surface area contributed by atoms with Gasteiger partial charge >= 0.3 is 0 Å². The second-order valence-corrected chi connectivity index (χ2v) is 11.9. The molecule has 1 aliphatic heterocycles. The van der Waals surface area contributed by atoms with Gasteiger partial charge in [-0.3, -0.25) is 4.79 Å². The fourth-order valence-electron chi connectivity index (χ4n) is 6.26. The first-order valence-corrected chi connectivity index (χ1v) is 14.7. The Morgan fingerprint density at radius 1 is 1.07 bits per heavy atom. The standard InChI is InChI=1S/C34H36ClFN2O2/c1-21-4-3-5-25(22(21)2)20-38(28-11-12-28)34(39)33-29(16-26-18-37-19-30(26)33)24-8-6-23(7-9-24)14-15-40-32-17-27(36)10-13-31(32)35/h3-10,13,17,26,28,30,37H,11-12,14-16,18-20H2,1-2H3. The van der Waals surface area contributed by atoms with Crippen molar-refractivity contribution in [2.75, 3.05) is 19.7 Å². The first-order chi connectivity index (χ1) is 19.4. The highest BCUT2D eigenvalue weighted by Crippen LogP contribution is 2.46. The van der Waals surface area contributed by atoms with E-state index in [2.05, 4.69) is 66.5 Å². The summed E-state index contributed by atoms with van der Waals surface area (Å²) in [5, 5.41) is 3.94. The molecule has 3 aromatic rings. The van der Waals surface area contributed by atoms with Gasteiger partial charge < -0.3 is 15.0 Å². The number of allylic oxidation sites excluding steroid dienone is 1. The van der Waals surface area contributed by atoms with Gasteiger partial charge in [-0.15, -0.1) is 0 Å². The van der Waals surface area contributed by atoms with Gasteiger partial charge in [0.15, 0.2) is 0 Å². The van der Waals surface area contributed by atoms with Crippen LogP contribution in [0.5, 0.6) is 5.75 Å². The number of benzene rings is 3. The number of halogens is 2. The zero-order valence-electron chi connectivity index (χ0n) is 23.2. The zero-order valence-corrected chi connectivity index (χ0v) is 23.9. The van der Waals surface area contributed by atoms with Crippen molar-refractivity contribution in [2.24, 2.45) is 11.8 Å². The van der Waals surface area contributed by atoms with E-state index in [-0.39, 0.29) is 17.6 Å². The van der Waals surface area contributed by atoms with Crippen LogP contribution in [-0.4, -0.2) is 36.5 Å². The Hall–Kier alpha value is -3.15. The second kappa shape index (κ2) is 11.4. The molecule has 1 N–H and O–H groups in total. The molecule has 1 amide bonds. The molecule has 6 rings (SSSR count). The van der Waals surface area contributed by atoms with Gasteiger partial charge in [0.2, 0.25) is 0 Å². The molecule has 2 unspecified atom stereocenters. The van der Waals surface area contributed by atoms with Crippen LogP contribution in [0.25, 0.3) is 5.57 Å². The Kier molecular flexibility index (Phi) is 7.69. The summed E-state index contributed by atoms with van der Waals surface area (Å²) < 4.78 is 19.3. The van der Waals surface area contributed by atoms with Gasteiger partial charge in [0.25, 0.3) is 5.91 Å². The van der Waals surface area contributed by atoms with Gasteiger partial charge in [0.1, 0.15) is 11.6 Å². The maximum absolute atomic E-state index is 14.3. The maximum atomic E-state index is 14.3. The number of nitrogens with one attached hydrogen (secondary N) is 1. The molecule has 40 heavy (non-hydrogen) atoms. The molecule has 0 bridgehead atoms. The summed E-state index contributed by atoms with van der Waals surface area (Å²) in [6.07, 6.45) is 3.78. The van der Waals surface area contributed by atoms with Gasteiger partial charge in [0, 0.05) is 43.1 Å².